The molecule has 5 N–H and O–H groups in total. The largest absolute Gasteiger partial charge is 0.412 e. The van der Waals surface area contributed by atoms with Crippen LogP contribution in [0.25, 0.3) is 10.8 Å². The second-order valence-corrected chi connectivity index (χ2v) is 3.19. The number of aromatic nitrogens is 1. The zero-order valence-corrected chi connectivity index (χ0v) is 8.58. The molecule has 0 atom stereocenters. The highest BCUT2D eigenvalue weighted by Crippen LogP contribution is 2.21. The van der Waals surface area contributed by atoms with Crippen LogP contribution in [0, 0.1) is 0 Å². The minimum Gasteiger partial charge on any atom is -0.412 e. The first-order chi connectivity index (χ1) is 5.38. The standard InChI is InChI=1S/C9H6BrN.H3N.H2O/c10-9-3-1-2-7-4-5-11-6-8(7)9;;/h1-6H;1H3;1H2. The van der Waals surface area contributed by atoms with Crippen LogP contribution < -0.4 is 6.15 Å². The molecule has 0 unspecified atom stereocenters. The Kier molecular flexibility index (Phi) is 4.55. The summed E-state index contributed by atoms with van der Waals surface area (Å²) in [5.41, 5.74) is 0. The fourth-order valence-corrected chi connectivity index (χ4v) is 1.56. The molecule has 3 nitrogen and oxygen atoms in total. The van der Waals surface area contributed by atoms with E-state index >= 15 is 0 Å². The van der Waals surface area contributed by atoms with Crippen molar-refractivity contribution in [3.8, 4) is 0 Å². The molecule has 0 saturated heterocycles. The topological polar surface area (TPSA) is 79.4 Å². The molecular formula is C9H11BrN2O. The van der Waals surface area contributed by atoms with E-state index in [1.165, 1.54) is 5.39 Å². The van der Waals surface area contributed by atoms with E-state index in [1.807, 2.05) is 24.4 Å². The predicted octanol–water partition coefficient (Wildman–Crippen LogP) is 2.33. The van der Waals surface area contributed by atoms with Gasteiger partial charge in [-0.15, -0.1) is 0 Å². The lowest BCUT2D eigenvalue weighted by Gasteiger charge is -1.96. The van der Waals surface area contributed by atoms with Gasteiger partial charge < -0.3 is 11.6 Å². The van der Waals surface area contributed by atoms with Crippen LogP contribution in [0.4, 0.5) is 0 Å². The molecule has 2 rings (SSSR count). The summed E-state index contributed by atoms with van der Waals surface area (Å²) in [6.07, 6.45) is 3.66. The van der Waals surface area contributed by atoms with Crippen LogP contribution in [-0.2, 0) is 0 Å². The first kappa shape index (κ1) is 12.0. The maximum Gasteiger partial charge on any atom is 0.0357 e. The molecule has 0 amide bonds. The van der Waals surface area contributed by atoms with Crippen LogP contribution in [0.5, 0.6) is 0 Å². The Morgan fingerprint density at radius 2 is 1.92 bits per heavy atom. The smallest absolute Gasteiger partial charge is 0.0357 e. The average molecular weight is 243 g/mol. The van der Waals surface area contributed by atoms with Gasteiger partial charge in [-0.2, -0.15) is 0 Å². The lowest BCUT2D eigenvalue weighted by Crippen LogP contribution is -1.74. The van der Waals surface area contributed by atoms with Gasteiger partial charge in [-0.05, 0) is 17.5 Å². The van der Waals surface area contributed by atoms with Crippen LogP contribution in [-0.4, -0.2) is 10.5 Å². The SMILES string of the molecule is Brc1cccc2ccncc12.N.O. The van der Waals surface area contributed by atoms with E-state index in [1.54, 1.807) is 6.20 Å². The number of hydrogen-bond acceptors (Lipinski definition) is 2. The van der Waals surface area contributed by atoms with Crippen molar-refractivity contribution in [3.05, 3.63) is 41.1 Å². The zero-order chi connectivity index (χ0) is 7.68. The number of fused-ring (bicyclic) bond motifs is 1. The molecular weight excluding hydrogens is 232 g/mol. The van der Waals surface area contributed by atoms with Crippen molar-refractivity contribution < 1.29 is 5.48 Å². The molecule has 13 heavy (non-hydrogen) atoms. The van der Waals surface area contributed by atoms with E-state index in [0.29, 0.717) is 0 Å². The summed E-state index contributed by atoms with van der Waals surface area (Å²) >= 11 is 3.46. The van der Waals surface area contributed by atoms with Gasteiger partial charge in [0, 0.05) is 22.3 Å². The molecule has 0 aliphatic carbocycles. The van der Waals surface area contributed by atoms with E-state index in [2.05, 4.69) is 27.0 Å². The van der Waals surface area contributed by atoms with Gasteiger partial charge in [-0.1, -0.05) is 28.1 Å². The van der Waals surface area contributed by atoms with Gasteiger partial charge in [-0.25, -0.2) is 0 Å². The molecule has 70 valence electrons. The number of benzene rings is 1. The summed E-state index contributed by atoms with van der Waals surface area (Å²) in [6, 6.07) is 8.11. The van der Waals surface area contributed by atoms with Crippen molar-refractivity contribution in [1.82, 2.24) is 11.1 Å². The van der Waals surface area contributed by atoms with E-state index in [9.17, 15) is 0 Å². The zero-order valence-electron chi connectivity index (χ0n) is 7.00. The molecule has 0 aliphatic heterocycles. The Morgan fingerprint density at radius 1 is 1.15 bits per heavy atom. The monoisotopic (exact) mass is 242 g/mol. The van der Waals surface area contributed by atoms with E-state index in [0.717, 1.165) is 9.86 Å². The van der Waals surface area contributed by atoms with Crippen LogP contribution in [0.3, 0.4) is 0 Å². The molecule has 1 aromatic carbocycles. The van der Waals surface area contributed by atoms with Crippen LogP contribution in [0.15, 0.2) is 41.1 Å². The van der Waals surface area contributed by atoms with Gasteiger partial charge in [0.15, 0.2) is 0 Å². The van der Waals surface area contributed by atoms with Crippen molar-refractivity contribution in [2.45, 2.75) is 0 Å². The molecule has 0 fully saturated rings. The van der Waals surface area contributed by atoms with E-state index in [4.69, 9.17) is 0 Å². The number of nitrogens with zero attached hydrogens (tertiary/aromatic N) is 1. The lowest BCUT2D eigenvalue weighted by molar-refractivity contribution is 0.824. The summed E-state index contributed by atoms with van der Waals surface area (Å²) in [7, 11) is 0. The Bertz CT molecular complexity index is 387. The van der Waals surface area contributed by atoms with Gasteiger partial charge in [0.2, 0.25) is 0 Å². The van der Waals surface area contributed by atoms with Crippen LogP contribution in [0.2, 0.25) is 0 Å². The Labute approximate surface area is 84.8 Å². The highest BCUT2D eigenvalue weighted by molar-refractivity contribution is 9.10. The lowest BCUT2D eigenvalue weighted by atomic mass is 10.2. The van der Waals surface area contributed by atoms with Gasteiger partial charge in [0.05, 0.1) is 0 Å². The number of rotatable bonds is 0. The summed E-state index contributed by atoms with van der Waals surface area (Å²) in [6.45, 7) is 0. The molecule has 0 radical (unpaired) electrons. The third kappa shape index (κ3) is 2.24. The normalized spacial score (nSPS) is 8.69. The quantitative estimate of drug-likeness (QED) is 0.770. The summed E-state index contributed by atoms with van der Waals surface area (Å²) in [4.78, 5) is 4.04. The predicted molar refractivity (Wildman–Crippen MR) is 58.1 cm³/mol. The van der Waals surface area contributed by atoms with Crippen molar-refractivity contribution in [1.29, 1.82) is 0 Å². The first-order valence-electron chi connectivity index (χ1n) is 3.36. The Hall–Kier alpha value is -0.970. The highest BCUT2D eigenvalue weighted by atomic mass is 79.9. The van der Waals surface area contributed by atoms with Gasteiger partial charge >= 0.3 is 0 Å². The summed E-state index contributed by atoms with van der Waals surface area (Å²) in [5, 5.41) is 2.38. The number of pyridine rings is 1. The second kappa shape index (κ2) is 4.91. The molecule has 1 aromatic heterocycles. The van der Waals surface area contributed by atoms with Crippen molar-refractivity contribution in [2.75, 3.05) is 0 Å². The fraction of sp³-hybridized carbons (Fsp3) is 0. The minimum atomic E-state index is 0. The molecule has 0 bridgehead atoms. The molecule has 4 heteroatoms. The minimum absolute atomic E-state index is 0. The van der Waals surface area contributed by atoms with E-state index in [-0.39, 0.29) is 11.6 Å². The third-order valence-electron chi connectivity index (χ3n) is 1.63. The summed E-state index contributed by atoms with van der Waals surface area (Å²) in [5.74, 6) is 0. The van der Waals surface area contributed by atoms with Crippen LogP contribution >= 0.6 is 15.9 Å². The maximum absolute atomic E-state index is 4.04. The number of hydrogen-bond donors (Lipinski definition) is 1. The van der Waals surface area contributed by atoms with E-state index < -0.39 is 0 Å². The molecule has 2 aromatic rings. The third-order valence-corrected chi connectivity index (χ3v) is 2.32. The average Bonchev–Trinajstić information content (AvgIpc) is 2.06. The maximum atomic E-state index is 4.04. The first-order valence-corrected chi connectivity index (χ1v) is 4.15. The molecule has 1 heterocycles. The van der Waals surface area contributed by atoms with Crippen molar-refractivity contribution >= 4 is 26.7 Å². The number of halogens is 1. The Balaban J connectivity index is 0.000000720. The second-order valence-electron chi connectivity index (χ2n) is 2.34. The molecule has 0 spiro atoms. The fourth-order valence-electron chi connectivity index (χ4n) is 1.08. The van der Waals surface area contributed by atoms with Gasteiger partial charge in [-0.3, -0.25) is 4.98 Å². The summed E-state index contributed by atoms with van der Waals surface area (Å²) < 4.78 is 1.10. The van der Waals surface area contributed by atoms with Gasteiger partial charge in [0.1, 0.15) is 0 Å². The van der Waals surface area contributed by atoms with Crippen molar-refractivity contribution in [2.24, 2.45) is 0 Å². The van der Waals surface area contributed by atoms with Crippen LogP contribution in [0.1, 0.15) is 0 Å². The van der Waals surface area contributed by atoms with Crippen molar-refractivity contribution in [3.63, 3.8) is 0 Å². The van der Waals surface area contributed by atoms with Gasteiger partial charge in [0.25, 0.3) is 0 Å². The molecule has 0 aliphatic rings. The molecule has 0 saturated carbocycles. The highest BCUT2D eigenvalue weighted by Gasteiger charge is 1.94. The Morgan fingerprint density at radius 3 is 2.62 bits per heavy atom.